The number of rotatable bonds is 8. The normalized spacial score (nSPS) is 12.2. The average molecular weight is 291 g/mol. The molecule has 0 aliphatic carbocycles. The minimum atomic E-state index is -0.408. The summed E-state index contributed by atoms with van der Waals surface area (Å²) in [6, 6.07) is 9.69. The van der Waals surface area contributed by atoms with Crippen molar-refractivity contribution in [2.24, 2.45) is 23.3 Å². The highest BCUT2D eigenvalue weighted by molar-refractivity contribution is 5.80. The number of hydrogen-bond donors (Lipinski definition) is 2. The van der Waals surface area contributed by atoms with E-state index in [9.17, 15) is 9.59 Å². The van der Waals surface area contributed by atoms with Gasteiger partial charge in [0.25, 0.3) is 0 Å². The lowest BCUT2D eigenvalue weighted by Crippen LogP contribution is -2.42. The molecule has 0 radical (unpaired) electrons. The van der Waals surface area contributed by atoms with Gasteiger partial charge in [-0.15, -0.1) is 0 Å². The highest BCUT2D eigenvalue weighted by Gasteiger charge is 2.26. The van der Waals surface area contributed by atoms with Gasteiger partial charge in [0.2, 0.25) is 11.8 Å². The van der Waals surface area contributed by atoms with E-state index in [2.05, 4.69) is 0 Å². The second-order valence-electron chi connectivity index (χ2n) is 5.55. The molecule has 1 aromatic rings. The average Bonchev–Trinajstić information content (AvgIpc) is 2.44. The van der Waals surface area contributed by atoms with Crippen molar-refractivity contribution in [1.82, 2.24) is 4.90 Å². The molecule has 5 heteroatoms. The van der Waals surface area contributed by atoms with E-state index in [0.29, 0.717) is 19.6 Å². The van der Waals surface area contributed by atoms with Gasteiger partial charge in [-0.3, -0.25) is 9.59 Å². The van der Waals surface area contributed by atoms with Crippen molar-refractivity contribution in [3.8, 4) is 0 Å². The first-order valence-electron chi connectivity index (χ1n) is 7.26. The first kappa shape index (κ1) is 17.2. The molecule has 0 saturated heterocycles. The molecule has 21 heavy (non-hydrogen) atoms. The molecule has 4 N–H and O–H groups in total. The number of carbonyl (C=O) groups is 2. The van der Waals surface area contributed by atoms with Gasteiger partial charge >= 0.3 is 0 Å². The van der Waals surface area contributed by atoms with Gasteiger partial charge in [0.1, 0.15) is 0 Å². The molecule has 1 aromatic carbocycles. The molecule has 0 heterocycles. The summed E-state index contributed by atoms with van der Waals surface area (Å²) in [5.74, 6) is -0.497. The first-order valence-corrected chi connectivity index (χ1v) is 7.26. The molecule has 1 rings (SSSR count). The van der Waals surface area contributed by atoms with E-state index in [1.54, 1.807) is 4.90 Å². The van der Waals surface area contributed by atoms with E-state index >= 15 is 0 Å². The van der Waals surface area contributed by atoms with Crippen LogP contribution in [-0.2, 0) is 16.1 Å². The molecule has 1 unspecified atom stereocenters. The van der Waals surface area contributed by atoms with Gasteiger partial charge in [-0.25, -0.2) is 0 Å². The number of nitrogens with zero attached hydrogens (tertiary/aromatic N) is 1. The second kappa shape index (κ2) is 8.42. The zero-order valence-electron chi connectivity index (χ0n) is 12.8. The number of nitrogens with two attached hydrogens (primary N) is 2. The lowest BCUT2D eigenvalue weighted by molar-refractivity contribution is -0.137. The van der Waals surface area contributed by atoms with E-state index in [-0.39, 0.29) is 24.2 Å². The van der Waals surface area contributed by atoms with Crippen LogP contribution in [0.15, 0.2) is 30.3 Å². The van der Waals surface area contributed by atoms with Crippen LogP contribution in [0.3, 0.4) is 0 Å². The lowest BCUT2D eigenvalue weighted by Gasteiger charge is -2.28. The molecular formula is C16H25N3O2. The van der Waals surface area contributed by atoms with Gasteiger partial charge in [-0.2, -0.15) is 0 Å². The van der Waals surface area contributed by atoms with E-state index < -0.39 is 5.91 Å². The van der Waals surface area contributed by atoms with Gasteiger partial charge < -0.3 is 16.4 Å². The third kappa shape index (κ3) is 5.55. The number of amides is 2. The number of benzene rings is 1. The van der Waals surface area contributed by atoms with Crippen LogP contribution in [0.5, 0.6) is 0 Å². The standard InChI is InChI=1S/C16H25N3O2/c1-12(2)14(10-17)16(21)19(9-8-15(18)20)11-13-6-4-3-5-7-13/h3-7,12,14H,8-11,17H2,1-2H3,(H2,18,20). The molecule has 5 nitrogen and oxygen atoms in total. The van der Waals surface area contributed by atoms with Crippen LogP contribution in [0.1, 0.15) is 25.8 Å². The summed E-state index contributed by atoms with van der Waals surface area (Å²) in [6.07, 6.45) is 0.161. The SMILES string of the molecule is CC(C)C(CN)C(=O)N(CCC(N)=O)Cc1ccccc1. The lowest BCUT2D eigenvalue weighted by atomic mass is 9.94. The van der Waals surface area contributed by atoms with Crippen molar-refractivity contribution in [3.63, 3.8) is 0 Å². The summed E-state index contributed by atoms with van der Waals surface area (Å²) in [7, 11) is 0. The van der Waals surface area contributed by atoms with Crippen LogP contribution in [0.2, 0.25) is 0 Å². The predicted octanol–water partition coefficient (Wildman–Crippen LogP) is 1.12. The molecule has 116 valence electrons. The molecule has 1 atom stereocenters. The zero-order chi connectivity index (χ0) is 15.8. The summed E-state index contributed by atoms with van der Waals surface area (Å²) < 4.78 is 0. The monoisotopic (exact) mass is 291 g/mol. The molecule has 0 saturated carbocycles. The minimum absolute atomic E-state index is 0.0161. The van der Waals surface area contributed by atoms with Gasteiger partial charge in [0.05, 0.1) is 5.92 Å². The van der Waals surface area contributed by atoms with E-state index in [4.69, 9.17) is 11.5 Å². The summed E-state index contributed by atoms with van der Waals surface area (Å²) >= 11 is 0. The predicted molar refractivity (Wildman–Crippen MR) is 83.1 cm³/mol. The highest BCUT2D eigenvalue weighted by Crippen LogP contribution is 2.16. The molecule has 0 aliphatic heterocycles. The number of carbonyl (C=O) groups excluding carboxylic acids is 2. The molecule has 0 bridgehead atoms. The smallest absolute Gasteiger partial charge is 0.227 e. The fourth-order valence-corrected chi connectivity index (χ4v) is 2.21. The molecule has 0 fully saturated rings. The van der Waals surface area contributed by atoms with E-state index in [1.165, 1.54) is 0 Å². The van der Waals surface area contributed by atoms with Crippen LogP contribution < -0.4 is 11.5 Å². The van der Waals surface area contributed by atoms with Crippen LogP contribution in [0, 0.1) is 11.8 Å². The summed E-state index contributed by atoms with van der Waals surface area (Å²) in [5, 5.41) is 0. The maximum atomic E-state index is 12.6. The Bertz CT molecular complexity index is 460. The van der Waals surface area contributed by atoms with Crippen molar-refractivity contribution in [1.29, 1.82) is 0 Å². The highest BCUT2D eigenvalue weighted by atomic mass is 16.2. The number of primary amides is 1. The Morgan fingerprint density at radius 1 is 1.19 bits per heavy atom. The largest absolute Gasteiger partial charge is 0.370 e. The Balaban J connectivity index is 2.85. The topological polar surface area (TPSA) is 89.4 Å². The third-order valence-electron chi connectivity index (χ3n) is 3.53. The minimum Gasteiger partial charge on any atom is -0.370 e. The van der Waals surface area contributed by atoms with E-state index in [1.807, 2.05) is 44.2 Å². The van der Waals surface area contributed by atoms with Crippen LogP contribution >= 0.6 is 0 Å². The zero-order valence-corrected chi connectivity index (χ0v) is 12.8. The fraction of sp³-hybridized carbons (Fsp3) is 0.500. The second-order valence-corrected chi connectivity index (χ2v) is 5.55. The van der Waals surface area contributed by atoms with Gasteiger partial charge in [-0.1, -0.05) is 44.2 Å². The molecule has 0 aromatic heterocycles. The van der Waals surface area contributed by atoms with Crippen molar-refractivity contribution in [2.45, 2.75) is 26.8 Å². The van der Waals surface area contributed by atoms with Crippen LogP contribution in [0.25, 0.3) is 0 Å². The Hall–Kier alpha value is -1.88. The van der Waals surface area contributed by atoms with Crippen molar-refractivity contribution < 1.29 is 9.59 Å². The van der Waals surface area contributed by atoms with Crippen molar-refractivity contribution in [2.75, 3.05) is 13.1 Å². The number of hydrogen-bond acceptors (Lipinski definition) is 3. The van der Waals surface area contributed by atoms with Gasteiger partial charge in [0, 0.05) is 26.1 Å². The maximum absolute atomic E-state index is 12.6. The molecule has 2 amide bonds. The summed E-state index contributed by atoms with van der Waals surface area (Å²) in [5.41, 5.74) is 11.9. The Labute approximate surface area is 126 Å². The molecule has 0 spiro atoms. The molecule has 0 aliphatic rings. The van der Waals surface area contributed by atoms with Gasteiger partial charge in [0.15, 0.2) is 0 Å². The quantitative estimate of drug-likeness (QED) is 0.752. The van der Waals surface area contributed by atoms with Crippen molar-refractivity contribution >= 4 is 11.8 Å². The Morgan fingerprint density at radius 3 is 2.29 bits per heavy atom. The summed E-state index contributed by atoms with van der Waals surface area (Å²) in [4.78, 5) is 25.3. The van der Waals surface area contributed by atoms with Gasteiger partial charge in [-0.05, 0) is 11.5 Å². The van der Waals surface area contributed by atoms with Crippen LogP contribution in [0.4, 0.5) is 0 Å². The first-order chi connectivity index (χ1) is 9.95. The third-order valence-corrected chi connectivity index (χ3v) is 3.53. The molecular weight excluding hydrogens is 266 g/mol. The Kier molecular flexibility index (Phi) is 6.88. The fourth-order valence-electron chi connectivity index (χ4n) is 2.21. The van der Waals surface area contributed by atoms with E-state index in [0.717, 1.165) is 5.56 Å². The summed E-state index contributed by atoms with van der Waals surface area (Å²) in [6.45, 7) is 5.05. The maximum Gasteiger partial charge on any atom is 0.227 e. The van der Waals surface area contributed by atoms with Crippen molar-refractivity contribution in [3.05, 3.63) is 35.9 Å². The Morgan fingerprint density at radius 2 is 1.81 bits per heavy atom. The van der Waals surface area contributed by atoms with Crippen LogP contribution in [-0.4, -0.2) is 29.8 Å².